The second kappa shape index (κ2) is 9.58. The highest BCUT2D eigenvalue weighted by Crippen LogP contribution is 2.27. The van der Waals surface area contributed by atoms with Crippen LogP contribution in [-0.2, 0) is 6.42 Å². The molecule has 0 radical (unpaired) electrons. The number of hydrogen-bond acceptors (Lipinski definition) is 4. The minimum atomic E-state index is -0.284. The fourth-order valence-electron chi connectivity index (χ4n) is 4.05. The Balaban J connectivity index is 1.47. The molecule has 6 heteroatoms. The number of carbonyl (C=O) groups is 1. The molecule has 2 heterocycles. The number of ketones is 1. The Morgan fingerprint density at radius 3 is 2.77 bits per heavy atom. The number of nitrogens with zero attached hydrogens (tertiary/aromatic N) is 3. The number of hydrogen-bond donors (Lipinski definition) is 1. The van der Waals surface area contributed by atoms with Crippen molar-refractivity contribution in [1.29, 1.82) is 0 Å². The van der Waals surface area contributed by atoms with E-state index >= 15 is 0 Å². The molecule has 5 nitrogen and oxygen atoms in total. The average Bonchev–Trinajstić information content (AvgIpc) is 3.44. The van der Waals surface area contributed by atoms with Gasteiger partial charge in [0.2, 0.25) is 0 Å². The summed E-state index contributed by atoms with van der Waals surface area (Å²) < 4.78 is 1.81. The normalized spacial score (nSPS) is 18.7. The van der Waals surface area contributed by atoms with Crippen LogP contribution in [0.2, 0.25) is 5.02 Å². The van der Waals surface area contributed by atoms with Crippen LogP contribution in [0.5, 0.6) is 0 Å². The van der Waals surface area contributed by atoms with E-state index in [-0.39, 0.29) is 24.2 Å². The summed E-state index contributed by atoms with van der Waals surface area (Å²) in [6, 6.07) is 11.8. The van der Waals surface area contributed by atoms with Crippen molar-refractivity contribution in [1.82, 2.24) is 14.8 Å². The summed E-state index contributed by atoms with van der Waals surface area (Å²) in [4.78, 5) is 17.1. The number of aryl methyl sites for hydroxylation is 1. The summed E-state index contributed by atoms with van der Waals surface area (Å²) in [5.74, 6) is 0.117. The van der Waals surface area contributed by atoms with Gasteiger partial charge in [0.1, 0.15) is 5.69 Å². The third-order valence-electron chi connectivity index (χ3n) is 5.80. The van der Waals surface area contributed by atoms with Crippen molar-refractivity contribution < 1.29 is 9.90 Å². The van der Waals surface area contributed by atoms with Gasteiger partial charge in [-0.25, -0.2) is 9.67 Å². The van der Waals surface area contributed by atoms with E-state index in [1.54, 1.807) is 12.3 Å². The standard InChI is InChI=1S/C25H26ClN3O2/c1-17-25(26)20(15-18-9-11-21(12-10-18)29-14-4-13-27-29)16-22(28-17)24(31)8-3-6-19-5-2-7-23(19)30/h3-4,6,9-14,16,19,23,30H,2,5,7-8,15H2,1H3/b6-3+/t19-,23+/m1/s1. The molecule has 0 unspecified atom stereocenters. The van der Waals surface area contributed by atoms with Crippen LogP contribution in [0.1, 0.15) is 53.0 Å². The first kappa shape index (κ1) is 21.5. The number of aliphatic hydroxyl groups excluding tert-OH is 1. The summed E-state index contributed by atoms with van der Waals surface area (Å²) in [5.41, 5.74) is 4.06. The Morgan fingerprint density at radius 1 is 1.29 bits per heavy atom. The van der Waals surface area contributed by atoms with Crippen molar-refractivity contribution in [2.75, 3.05) is 0 Å². The van der Waals surface area contributed by atoms with E-state index in [1.165, 1.54) is 0 Å². The zero-order chi connectivity index (χ0) is 21.8. The van der Waals surface area contributed by atoms with Gasteiger partial charge < -0.3 is 5.11 Å². The molecule has 0 amide bonds. The lowest BCUT2D eigenvalue weighted by Crippen LogP contribution is -2.10. The molecule has 0 aliphatic heterocycles. The van der Waals surface area contributed by atoms with Crippen LogP contribution in [-0.4, -0.2) is 31.8 Å². The van der Waals surface area contributed by atoms with Crippen LogP contribution < -0.4 is 0 Å². The van der Waals surface area contributed by atoms with E-state index in [1.807, 2.05) is 60.3 Å². The number of carbonyl (C=O) groups excluding carboxylic acids is 1. The van der Waals surface area contributed by atoms with Gasteiger partial charge in [-0.2, -0.15) is 5.10 Å². The van der Waals surface area contributed by atoms with E-state index in [2.05, 4.69) is 10.1 Å². The SMILES string of the molecule is Cc1nc(C(=O)C/C=C/[C@H]2CCC[C@@H]2O)cc(Cc2ccc(-n3cccn3)cc2)c1Cl. The molecular formula is C25H26ClN3O2. The summed E-state index contributed by atoms with van der Waals surface area (Å²) in [6.07, 6.45) is 10.9. The van der Waals surface area contributed by atoms with Gasteiger partial charge in [0.05, 0.1) is 22.5 Å². The number of halogens is 1. The number of pyridine rings is 1. The Morgan fingerprint density at radius 2 is 2.10 bits per heavy atom. The van der Waals surface area contributed by atoms with Crippen molar-refractivity contribution in [3.8, 4) is 5.69 Å². The first-order valence-electron chi connectivity index (χ1n) is 10.6. The minimum Gasteiger partial charge on any atom is -0.393 e. The molecule has 1 fully saturated rings. The van der Waals surface area contributed by atoms with E-state index in [0.717, 1.165) is 36.1 Å². The van der Waals surface area contributed by atoms with Crippen LogP contribution in [0.3, 0.4) is 0 Å². The zero-order valence-electron chi connectivity index (χ0n) is 17.5. The van der Waals surface area contributed by atoms with Crippen LogP contribution in [0.15, 0.2) is 60.9 Å². The van der Waals surface area contributed by atoms with Gasteiger partial charge in [0.15, 0.2) is 5.78 Å². The Bertz CT molecular complexity index is 1070. The molecule has 0 bridgehead atoms. The Labute approximate surface area is 187 Å². The third kappa shape index (κ3) is 5.12. The quantitative estimate of drug-likeness (QED) is 0.413. The number of benzene rings is 1. The predicted octanol–water partition coefficient (Wildman–Crippen LogP) is 5.11. The summed E-state index contributed by atoms with van der Waals surface area (Å²) in [7, 11) is 0. The second-order valence-electron chi connectivity index (χ2n) is 8.08. The molecule has 1 aliphatic carbocycles. The molecule has 0 spiro atoms. The van der Waals surface area contributed by atoms with Crippen LogP contribution in [0.4, 0.5) is 0 Å². The summed E-state index contributed by atoms with van der Waals surface area (Å²) in [5, 5.41) is 14.8. The van der Waals surface area contributed by atoms with E-state index in [0.29, 0.717) is 22.8 Å². The molecule has 1 aliphatic rings. The lowest BCUT2D eigenvalue weighted by molar-refractivity contribution is 0.0990. The van der Waals surface area contributed by atoms with Gasteiger partial charge in [0.25, 0.3) is 0 Å². The number of aliphatic hydroxyl groups is 1. The molecule has 4 rings (SSSR count). The van der Waals surface area contributed by atoms with E-state index in [4.69, 9.17) is 11.6 Å². The topological polar surface area (TPSA) is 68.0 Å². The maximum atomic E-state index is 12.7. The molecule has 1 N–H and O–H groups in total. The molecule has 2 atom stereocenters. The van der Waals surface area contributed by atoms with Gasteiger partial charge in [-0.3, -0.25) is 4.79 Å². The highest BCUT2D eigenvalue weighted by Gasteiger charge is 2.22. The van der Waals surface area contributed by atoms with Crippen molar-refractivity contribution in [3.05, 3.63) is 88.5 Å². The van der Waals surface area contributed by atoms with Gasteiger partial charge >= 0.3 is 0 Å². The van der Waals surface area contributed by atoms with Crippen LogP contribution in [0, 0.1) is 12.8 Å². The molecule has 1 aromatic carbocycles. The smallest absolute Gasteiger partial charge is 0.184 e. The largest absolute Gasteiger partial charge is 0.393 e. The fourth-order valence-corrected chi connectivity index (χ4v) is 4.21. The minimum absolute atomic E-state index is 0.0428. The average molecular weight is 436 g/mol. The number of allylic oxidation sites excluding steroid dienone is 1. The maximum absolute atomic E-state index is 12.7. The fraction of sp³-hybridized carbons (Fsp3) is 0.320. The summed E-state index contributed by atoms with van der Waals surface area (Å²) in [6.45, 7) is 1.83. The number of rotatable bonds is 7. The highest BCUT2D eigenvalue weighted by atomic mass is 35.5. The van der Waals surface area contributed by atoms with E-state index < -0.39 is 0 Å². The summed E-state index contributed by atoms with van der Waals surface area (Å²) >= 11 is 6.51. The van der Waals surface area contributed by atoms with Gasteiger partial charge in [-0.15, -0.1) is 0 Å². The molecule has 3 aromatic rings. The zero-order valence-corrected chi connectivity index (χ0v) is 18.3. The van der Waals surface area contributed by atoms with E-state index in [9.17, 15) is 9.90 Å². The van der Waals surface area contributed by atoms with Crippen molar-refractivity contribution in [2.24, 2.45) is 5.92 Å². The number of aromatic nitrogens is 3. The van der Waals surface area contributed by atoms with Crippen molar-refractivity contribution >= 4 is 17.4 Å². The predicted molar refractivity (Wildman–Crippen MR) is 122 cm³/mol. The van der Waals surface area contributed by atoms with Gasteiger partial charge in [0, 0.05) is 24.7 Å². The second-order valence-corrected chi connectivity index (χ2v) is 8.46. The molecule has 2 aromatic heterocycles. The van der Waals surface area contributed by atoms with Crippen molar-refractivity contribution in [3.63, 3.8) is 0 Å². The Kier molecular flexibility index (Phi) is 6.64. The third-order valence-corrected chi connectivity index (χ3v) is 6.32. The maximum Gasteiger partial charge on any atom is 0.184 e. The molecule has 0 saturated heterocycles. The van der Waals surface area contributed by atoms with Crippen LogP contribution in [0.25, 0.3) is 5.69 Å². The van der Waals surface area contributed by atoms with Gasteiger partial charge in [-0.1, -0.05) is 42.3 Å². The first-order valence-corrected chi connectivity index (χ1v) is 11.0. The van der Waals surface area contributed by atoms with Gasteiger partial charge in [-0.05, 0) is 61.6 Å². The molecule has 1 saturated carbocycles. The first-order chi connectivity index (χ1) is 15.0. The Hall–Kier alpha value is -2.76. The number of Topliss-reactive ketones (excluding diaryl/α,β-unsaturated/α-hetero) is 1. The lowest BCUT2D eigenvalue weighted by atomic mass is 10.0. The highest BCUT2D eigenvalue weighted by molar-refractivity contribution is 6.32. The van der Waals surface area contributed by atoms with Crippen LogP contribution >= 0.6 is 11.6 Å². The molecule has 160 valence electrons. The molecule has 31 heavy (non-hydrogen) atoms. The lowest BCUT2D eigenvalue weighted by Gasteiger charge is -2.11. The van der Waals surface area contributed by atoms with Crippen molar-refractivity contribution in [2.45, 2.75) is 45.1 Å². The molecular weight excluding hydrogens is 410 g/mol. The monoisotopic (exact) mass is 435 g/mol.